The Balaban J connectivity index is 1.83. The van der Waals surface area contributed by atoms with Gasteiger partial charge in [-0.2, -0.15) is 0 Å². The first-order chi connectivity index (χ1) is 14.5. The summed E-state index contributed by atoms with van der Waals surface area (Å²) in [6.07, 6.45) is 0.504. The summed E-state index contributed by atoms with van der Waals surface area (Å²) in [6, 6.07) is 11.1. The fraction of sp³-hybridized carbons (Fsp3) is 0.391. The number of fused-ring (bicyclic) bond motifs is 1. The second-order valence-corrected chi connectivity index (χ2v) is 7.24. The molecule has 0 N–H and O–H groups in total. The molecule has 1 heterocycles. The van der Waals surface area contributed by atoms with Crippen LogP contribution in [0.4, 0.5) is 0 Å². The third-order valence-corrected chi connectivity index (χ3v) is 4.90. The van der Waals surface area contributed by atoms with Gasteiger partial charge in [0.15, 0.2) is 23.0 Å². The number of methoxy groups -OCH3 is 3. The van der Waals surface area contributed by atoms with Crippen LogP contribution in [0.5, 0.6) is 11.5 Å². The second-order valence-electron chi connectivity index (χ2n) is 7.24. The van der Waals surface area contributed by atoms with Crippen LogP contribution in [-0.4, -0.2) is 56.3 Å². The molecule has 1 amide bonds. The molecule has 0 atom stereocenters. The minimum atomic E-state index is -0.0539. The van der Waals surface area contributed by atoms with Crippen molar-refractivity contribution in [2.45, 2.75) is 26.3 Å². The fourth-order valence-corrected chi connectivity index (χ4v) is 3.30. The van der Waals surface area contributed by atoms with Gasteiger partial charge in [0.05, 0.1) is 20.8 Å². The minimum Gasteiger partial charge on any atom is -0.493 e. The van der Waals surface area contributed by atoms with Gasteiger partial charge in [-0.05, 0) is 49.7 Å². The molecule has 2 aromatic carbocycles. The van der Waals surface area contributed by atoms with Gasteiger partial charge in [0.2, 0.25) is 0 Å². The van der Waals surface area contributed by atoms with Crippen molar-refractivity contribution in [1.29, 1.82) is 0 Å². The number of hydrogen-bond donors (Lipinski definition) is 0. The van der Waals surface area contributed by atoms with Crippen LogP contribution in [0.15, 0.2) is 40.8 Å². The summed E-state index contributed by atoms with van der Waals surface area (Å²) in [5.74, 6) is 1.85. The van der Waals surface area contributed by atoms with Gasteiger partial charge in [0.25, 0.3) is 5.91 Å². The third-order valence-electron chi connectivity index (χ3n) is 4.90. The molecule has 1 aromatic heterocycles. The Labute approximate surface area is 176 Å². The van der Waals surface area contributed by atoms with E-state index in [1.807, 2.05) is 38.1 Å². The van der Waals surface area contributed by atoms with Gasteiger partial charge in [0.1, 0.15) is 5.52 Å². The highest BCUT2D eigenvalue weighted by Crippen LogP contribution is 2.29. The summed E-state index contributed by atoms with van der Waals surface area (Å²) >= 11 is 0. The Morgan fingerprint density at radius 2 is 1.83 bits per heavy atom. The summed E-state index contributed by atoms with van der Waals surface area (Å²) < 4.78 is 21.7. The molecule has 7 heteroatoms. The number of carbonyl (C=O) groups is 1. The van der Waals surface area contributed by atoms with Crippen LogP contribution < -0.4 is 9.47 Å². The maximum atomic E-state index is 12.9. The molecule has 0 fully saturated rings. The van der Waals surface area contributed by atoms with E-state index in [1.54, 1.807) is 38.4 Å². The summed E-state index contributed by atoms with van der Waals surface area (Å²) in [7, 11) is 4.84. The number of amides is 1. The molecule has 0 unspecified atom stereocenters. The van der Waals surface area contributed by atoms with Crippen molar-refractivity contribution in [1.82, 2.24) is 9.88 Å². The van der Waals surface area contributed by atoms with Gasteiger partial charge >= 0.3 is 0 Å². The van der Waals surface area contributed by atoms with E-state index < -0.39 is 0 Å². The van der Waals surface area contributed by atoms with E-state index in [1.165, 1.54) is 0 Å². The normalized spacial score (nSPS) is 11.1. The molecule has 3 aromatic rings. The molecule has 0 radical (unpaired) electrons. The summed E-state index contributed by atoms with van der Waals surface area (Å²) in [4.78, 5) is 19.3. The molecule has 0 saturated carbocycles. The highest BCUT2D eigenvalue weighted by molar-refractivity contribution is 5.97. The van der Waals surface area contributed by atoms with Crippen molar-refractivity contribution >= 4 is 17.0 Å². The van der Waals surface area contributed by atoms with Crippen LogP contribution in [0, 0.1) is 0 Å². The first-order valence-corrected chi connectivity index (χ1v) is 9.87. The lowest BCUT2D eigenvalue weighted by Gasteiger charge is -2.26. The van der Waals surface area contributed by atoms with Crippen molar-refractivity contribution in [3.8, 4) is 11.5 Å². The van der Waals surface area contributed by atoms with Crippen molar-refractivity contribution in [3.05, 3.63) is 53.4 Å². The zero-order valence-electron chi connectivity index (χ0n) is 18.1. The summed E-state index contributed by atoms with van der Waals surface area (Å²) in [6.45, 7) is 5.00. The highest BCUT2D eigenvalue weighted by atomic mass is 16.5. The number of benzene rings is 2. The zero-order valence-corrected chi connectivity index (χ0v) is 18.1. The van der Waals surface area contributed by atoms with Gasteiger partial charge in [-0.25, -0.2) is 4.98 Å². The standard InChI is InChI=1S/C23H28N2O5/c1-15(2)25(10-11-27-3)23(26)17-7-8-18-20(14-17)30-22(24-18)13-16-6-9-19(28-4)21(12-16)29-5/h6-9,12,14-15H,10-11,13H2,1-5H3. The molecule has 160 valence electrons. The lowest BCUT2D eigenvalue weighted by Crippen LogP contribution is -2.39. The van der Waals surface area contributed by atoms with Gasteiger partial charge in [-0.1, -0.05) is 6.07 Å². The largest absolute Gasteiger partial charge is 0.493 e. The Morgan fingerprint density at radius 1 is 1.07 bits per heavy atom. The maximum absolute atomic E-state index is 12.9. The maximum Gasteiger partial charge on any atom is 0.254 e. The molecule has 3 rings (SSSR count). The topological polar surface area (TPSA) is 74.0 Å². The fourth-order valence-electron chi connectivity index (χ4n) is 3.30. The molecule has 0 saturated heterocycles. The molecular weight excluding hydrogens is 384 g/mol. The number of carbonyl (C=O) groups excluding carboxylic acids is 1. The van der Waals surface area contributed by atoms with E-state index in [9.17, 15) is 4.79 Å². The number of ether oxygens (including phenoxy) is 3. The lowest BCUT2D eigenvalue weighted by molar-refractivity contribution is 0.0635. The third kappa shape index (κ3) is 4.74. The van der Waals surface area contributed by atoms with E-state index >= 15 is 0 Å². The summed E-state index contributed by atoms with van der Waals surface area (Å²) in [5.41, 5.74) is 2.86. The number of aromatic nitrogens is 1. The number of oxazole rings is 1. The van der Waals surface area contributed by atoms with Crippen LogP contribution in [-0.2, 0) is 11.2 Å². The van der Waals surface area contributed by atoms with Crippen molar-refractivity contribution < 1.29 is 23.4 Å². The van der Waals surface area contributed by atoms with Crippen LogP contribution in [0.1, 0.15) is 35.7 Å². The van der Waals surface area contributed by atoms with Crippen LogP contribution in [0.3, 0.4) is 0 Å². The first kappa shape index (κ1) is 21.6. The van der Waals surface area contributed by atoms with Gasteiger partial charge in [-0.15, -0.1) is 0 Å². The molecule has 7 nitrogen and oxygen atoms in total. The van der Waals surface area contributed by atoms with Gasteiger partial charge in [0, 0.05) is 31.7 Å². The molecule has 30 heavy (non-hydrogen) atoms. The Hall–Kier alpha value is -3.06. The first-order valence-electron chi connectivity index (χ1n) is 9.87. The van der Waals surface area contributed by atoms with Gasteiger partial charge < -0.3 is 23.5 Å². The van der Waals surface area contributed by atoms with Gasteiger partial charge in [-0.3, -0.25) is 4.79 Å². The molecule has 0 aliphatic heterocycles. The zero-order chi connectivity index (χ0) is 21.7. The van der Waals surface area contributed by atoms with E-state index in [0.29, 0.717) is 48.1 Å². The second kappa shape index (κ2) is 9.63. The molecular formula is C23H28N2O5. The highest BCUT2D eigenvalue weighted by Gasteiger charge is 2.20. The Morgan fingerprint density at radius 3 is 2.50 bits per heavy atom. The SMILES string of the molecule is COCCN(C(=O)c1ccc2nc(Cc3ccc(OC)c(OC)c3)oc2c1)C(C)C. The number of hydrogen-bond acceptors (Lipinski definition) is 6. The minimum absolute atomic E-state index is 0.0539. The Kier molecular flexibility index (Phi) is 6.95. The smallest absolute Gasteiger partial charge is 0.254 e. The average molecular weight is 412 g/mol. The van der Waals surface area contributed by atoms with E-state index in [-0.39, 0.29) is 11.9 Å². The Bertz CT molecular complexity index is 1010. The number of nitrogens with zero attached hydrogens (tertiary/aromatic N) is 2. The van der Waals surface area contributed by atoms with Crippen LogP contribution in [0.2, 0.25) is 0 Å². The van der Waals surface area contributed by atoms with Crippen LogP contribution in [0.25, 0.3) is 11.1 Å². The van der Waals surface area contributed by atoms with E-state index in [0.717, 1.165) is 11.1 Å². The predicted octanol–water partition coefficient (Wildman–Crippen LogP) is 3.93. The molecule has 0 aliphatic carbocycles. The summed E-state index contributed by atoms with van der Waals surface area (Å²) in [5, 5.41) is 0. The molecule has 0 spiro atoms. The number of rotatable bonds is 9. The monoisotopic (exact) mass is 412 g/mol. The quantitative estimate of drug-likeness (QED) is 0.530. The average Bonchev–Trinajstić information content (AvgIpc) is 3.14. The van der Waals surface area contributed by atoms with Crippen LogP contribution >= 0.6 is 0 Å². The lowest BCUT2D eigenvalue weighted by atomic mass is 10.1. The molecule has 0 aliphatic rings. The van der Waals surface area contributed by atoms with E-state index in [2.05, 4.69) is 4.98 Å². The van der Waals surface area contributed by atoms with E-state index in [4.69, 9.17) is 18.6 Å². The van der Waals surface area contributed by atoms with Crippen molar-refractivity contribution in [2.75, 3.05) is 34.5 Å². The van der Waals surface area contributed by atoms with Crippen molar-refractivity contribution in [3.63, 3.8) is 0 Å². The predicted molar refractivity (Wildman–Crippen MR) is 114 cm³/mol. The van der Waals surface area contributed by atoms with Crippen molar-refractivity contribution in [2.24, 2.45) is 0 Å². The molecule has 0 bridgehead atoms.